The molecule has 4 nitrogen and oxygen atoms in total. The van der Waals surface area contributed by atoms with E-state index >= 15 is 0 Å². The van der Waals surface area contributed by atoms with Crippen molar-refractivity contribution in [3.63, 3.8) is 0 Å². The Kier molecular flexibility index (Phi) is 3.91. The second-order valence-electron chi connectivity index (χ2n) is 4.29. The lowest BCUT2D eigenvalue weighted by molar-refractivity contribution is 0.582. The summed E-state index contributed by atoms with van der Waals surface area (Å²) in [4.78, 5) is -0.204. The van der Waals surface area contributed by atoms with Crippen molar-refractivity contribution in [2.75, 3.05) is 4.72 Å². The summed E-state index contributed by atoms with van der Waals surface area (Å²) in [5, 5.41) is 8.81. The largest absolute Gasteiger partial charge is 0.274 e. The number of nitriles is 1. The van der Waals surface area contributed by atoms with E-state index < -0.39 is 27.3 Å². The zero-order chi connectivity index (χ0) is 15.6. The van der Waals surface area contributed by atoms with E-state index in [4.69, 9.17) is 5.26 Å². The molecule has 0 amide bonds. The zero-order valence-corrected chi connectivity index (χ0v) is 11.7. The molecule has 0 fully saturated rings. The van der Waals surface area contributed by atoms with Crippen LogP contribution in [0.2, 0.25) is 0 Å². The molecule has 0 saturated carbocycles. The van der Waals surface area contributed by atoms with Gasteiger partial charge in [-0.15, -0.1) is 0 Å². The van der Waals surface area contributed by atoms with E-state index in [1.807, 2.05) is 10.8 Å². The summed E-state index contributed by atoms with van der Waals surface area (Å²) in [6, 6.07) is 8.88. The normalized spacial score (nSPS) is 11.0. The Morgan fingerprint density at radius 2 is 1.76 bits per heavy atom. The van der Waals surface area contributed by atoms with Crippen LogP contribution >= 0.6 is 0 Å². The zero-order valence-electron chi connectivity index (χ0n) is 10.9. The molecule has 0 aromatic heterocycles. The summed E-state index contributed by atoms with van der Waals surface area (Å²) in [6.07, 6.45) is 0. The molecule has 0 atom stereocenters. The van der Waals surface area contributed by atoms with Gasteiger partial charge in [0.05, 0.1) is 16.5 Å². The topological polar surface area (TPSA) is 70.0 Å². The van der Waals surface area contributed by atoms with Crippen LogP contribution in [0.25, 0.3) is 0 Å². The Labute approximate surface area is 120 Å². The Morgan fingerprint density at radius 3 is 2.33 bits per heavy atom. The number of sulfonamides is 1. The summed E-state index contributed by atoms with van der Waals surface area (Å²) >= 11 is 0. The number of anilines is 1. The van der Waals surface area contributed by atoms with E-state index in [1.54, 1.807) is 0 Å². The molecule has 0 aliphatic rings. The van der Waals surface area contributed by atoms with Crippen molar-refractivity contribution in [3.8, 4) is 6.07 Å². The highest BCUT2D eigenvalue weighted by atomic mass is 32.2. The van der Waals surface area contributed by atoms with Crippen LogP contribution in [0.3, 0.4) is 0 Å². The fraction of sp³-hybridized carbons (Fsp3) is 0.0714. The minimum atomic E-state index is -4.20. The van der Waals surface area contributed by atoms with E-state index in [2.05, 4.69) is 0 Å². The van der Waals surface area contributed by atoms with Gasteiger partial charge in [-0.25, -0.2) is 17.2 Å². The van der Waals surface area contributed by atoms with E-state index in [0.717, 1.165) is 24.3 Å². The molecular weight excluding hydrogens is 298 g/mol. The van der Waals surface area contributed by atoms with Gasteiger partial charge in [-0.05, 0) is 36.8 Å². The maximum atomic E-state index is 13.5. The van der Waals surface area contributed by atoms with Crippen molar-refractivity contribution < 1.29 is 17.2 Å². The van der Waals surface area contributed by atoms with Crippen LogP contribution in [0.4, 0.5) is 14.5 Å². The number of hydrogen-bond donors (Lipinski definition) is 1. The summed E-state index contributed by atoms with van der Waals surface area (Å²) in [6.45, 7) is 1.52. The summed E-state index contributed by atoms with van der Waals surface area (Å²) in [5.41, 5.74) is -0.257. The van der Waals surface area contributed by atoms with Gasteiger partial charge >= 0.3 is 0 Å². The predicted molar refractivity (Wildman–Crippen MR) is 73.1 cm³/mol. The lowest BCUT2D eigenvalue weighted by atomic mass is 10.2. The molecule has 0 aliphatic heterocycles. The van der Waals surface area contributed by atoms with Crippen molar-refractivity contribution in [2.24, 2.45) is 0 Å². The predicted octanol–water partition coefficient (Wildman–Crippen LogP) is 2.95. The van der Waals surface area contributed by atoms with Gasteiger partial charge in [0.1, 0.15) is 17.3 Å². The van der Waals surface area contributed by atoms with Gasteiger partial charge in [0.25, 0.3) is 10.0 Å². The SMILES string of the molecule is Cc1ccc(C#N)cc1S(=O)(=O)Nc1c(F)cccc1F. The molecule has 21 heavy (non-hydrogen) atoms. The van der Waals surface area contributed by atoms with Gasteiger partial charge < -0.3 is 0 Å². The van der Waals surface area contributed by atoms with Crippen LogP contribution in [-0.2, 0) is 10.0 Å². The smallest absolute Gasteiger partial charge is 0.262 e. The van der Waals surface area contributed by atoms with E-state index in [0.29, 0.717) is 5.56 Å². The number of nitrogens with one attached hydrogen (secondary N) is 1. The van der Waals surface area contributed by atoms with E-state index in [-0.39, 0.29) is 10.5 Å². The fourth-order valence-electron chi connectivity index (χ4n) is 1.74. The first kappa shape index (κ1) is 14.9. The van der Waals surface area contributed by atoms with Gasteiger partial charge in [0.2, 0.25) is 0 Å². The van der Waals surface area contributed by atoms with Crippen LogP contribution in [0, 0.1) is 29.9 Å². The number of hydrogen-bond acceptors (Lipinski definition) is 3. The third-order valence-corrected chi connectivity index (χ3v) is 4.30. The van der Waals surface area contributed by atoms with E-state index in [1.165, 1.54) is 19.1 Å². The standard InChI is InChI=1S/C14H10F2N2O2S/c1-9-5-6-10(8-17)7-13(9)21(19,20)18-14-11(15)3-2-4-12(14)16/h2-7,18H,1H3. The number of benzene rings is 2. The van der Waals surface area contributed by atoms with Crippen LogP contribution in [-0.4, -0.2) is 8.42 Å². The molecule has 2 aromatic carbocycles. The third-order valence-electron chi connectivity index (χ3n) is 2.81. The molecule has 0 unspecified atom stereocenters. The minimum absolute atomic E-state index is 0.134. The maximum Gasteiger partial charge on any atom is 0.262 e. The first-order valence-corrected chi connectivity index (χ1v) is 7.31. The highest BCUT2D eigenvalue weighted by molar-refractivity contribution is 7.92. The molecular formula is C14H10F2N2O2S. The lowest BCUT2D eigenvalue weighted by Crippen LogP contribution is -2.16. The summed E-state index contributed by atoms with van der Waals surface area (Å²) in [5.74, 6) is -2.04. The van der Waals surface area contributed by atoms with Gasteiger partial charge in [-0.1, -0.05) is 12.1 Å². The molecule has 2 aromatic rings. The van der Waals surface area contributed by atoms with Crippen LogP contribution in [0.5, 0.6) is 0 Å². The average Bonchev–Trinajstić information content (AvgIpc) is 2.43. The third kappa shape index (κ3) is 3.01. The number of nitrogens with zero attached hydrogens (tertiary/aromatic N) is 1. The van der Waals surface area contributed by atoms with Crippen molar-refractivity contribution in [2.45, 2.75) is 11.8 Å². The quantitative estimate of drug-likeness (QED) is 0.947. The average molecular weight is 308 g/mol. The fourth-order valence-corrected chi connectivity index (χ4v) is 3.09. The van der Waals surface area contributed by atoms with Crippen molar-refractivity contribution in [1.29, 1.82) is 5.26 Å². The van der Waals surface area contributed by atoms with Crippen LogP contribution in [0.1, 0.15) is 11.1 Å². The number of para-hydroxylation sites is 1. The summed E-state index contributed by atoms with van der Waals surface area (Å²) < 4.78 is 53.4. The second-order valence-corrected chi connectivity index (χ2v) is 5.95. The van der Waals surface area contributed by atoms with Gasteiger partial charge in [-0.2, -0.15) is 5.26 Å². The Morgan fingerprint density at radius 1 is 1.14 bits per heavy atom. The number of aryl methyl sites for hydroxylation is 1. The molecule has 0 spiro atoms. The molecule has 7 heteroatoms. The van der Waals surface area contributed by atoms with Crippen LogP contribution in [0.15, 0.2) is 41.3 Å². The van der Waals surface area contributed by atoms with E-state index in [9.17, 15) is 17.2 Å². The number of halogens is 2. The molecule has 0 saturated heterocycles. The highest BCUT2D eigenvalue weighted by Crippen LogP contribution is 2.24. The monoisotopic (exact) mass is 308 g/mol. The molecule has 0 heterocycles. The highest BCUT2D eigenvalue weighted by Gasteiger charge is 2.21. The lowest BCUT2D eigenvalue weighted by Gasteiger charge is -2.11. The van der Waals surface area contributed by atoms with Crippen molar-refractivity contribution >= 4 is 15.7 Å². The van der Waals surface area contributed by atoms with Gasteiger partial charge in [0, 0.05) is 0 Å². The second kappa shape index (κ2) is 5.50. The molecule has 1 N–H and O–H groups in total. The van der Waals surface area contributed by atoms with Crippen molar-refractivity contribution in [3.05, 3.63) is 59.2 Å². The minimum Gasteiger partial charge on any atom is -0.274 e. The van der Waals surface area contributed by atoms with Crippen molar-refractivity contribution in [1.82, 2.24) is 0 Å². The molecule has 108 valence electrons. The Hall–Kier alpha value is -2.46. The Bertz CT molecular complexity index is 822. The first-order valence-electron chi connectivity index (χ1n) is 5.83. The van der Waals surface area contributed by atoms with Gasteiger partial charge in [-0.3, -0.25) is 4.72 Å². The molecule has 2 rings (SSSR count). The van der Waals surface area contributed by atoms with Crippen LogP contribution < -0.4 is 4.72 Å². The first-order chi connectivity index (χ1) is 9.85. The number of rotatable bonds is 3. The molecule has 0 aliphatic carbocycles. The Balaban J connectivity index is 2.51. The van der Waals surface area contributed by atoms with Gasteiger partial charge in [0.15, 0.2) is 0 Å². The molecule has 0 radical (unpaired) electrons. The molecule has 0 bridgehead atoms. The maximum absolute atomic E-state index is 13.5. The summed E-state index contributed by atoms with van der Waals surface area (Å²) in [7, 11) is -4.20.